The summed E-state index contributed by atoms with van der Waals surface area (Å²) >= 11 is 0. The van der Waals surface area contributed by atoms with E-state index in [1.807, 2.05) is 44.2 Å². The third kappa shape index (κ3) is 3.23. The van der Waals surface area contributed by atoms with Gasteiger partial charge in [-0.25, -0.2) is 14.5 Å². The van der Waals surface area contributed by atoms with Crippen molar-refractivity contribution in [2.45, 2.75) is 51.2 Å². The molecule has 0 bridgehead atoms. The number of ether oxygens (including phenoxy) is 1. The molecule has 1 saturated carbocycles. The van der Waals surface area contributed by atoms with Crippen molar-refractivity contribution >= 4 is 22.7 Å². The highest BCUT2D eigenvalue weighted by Gasteiger charge is 2.34. The van der Waals surface area contributed by atoms with E-state index in [1.54, 1.807) is 10.7 Å². The Morgan fingerprint density at radius 3 is 2.53 bits per heavy atom. The lowest BCUT2D eigenvalue weighted by molar-refractivity contribution is -0.00710. The maximum Gasteiger partial charge on any atom is 0.354 e. The Kier molecular flexibility index (Phi) is 4.70. The van der Waals surface area contributed by atoms with Gasteiger partial charge in [0.05, 0.1) is 34.7 Å². The molecule has 30 heavy (non-hydrogen) atoms. The van der Waals surface area contributed by atoms with Crippen LogP contribution in [0.4, 0.5) is 5.69 Å². The van der Waals surface area contributed by atoms with Crippen molar-refractivity contribution in [1.29, 1.82) is 0 Å². The van der Waals surface area contributed by atoms with Gasteiger partial charge >= 0.3 is 5.97 Å². The van der Waals surface area contributed by atoms with E-state index in [4.69, 9.17) is 9.84 Å². The van der Waals surface area contributed by atoms with Crippen molar-refractivity contribution < 1.29 is 14.6 Å². The lowest BCUT2D eigenvalue weighted by Gasteiger charge is -2.42. The zero-order chi connectivity index (χ0) is 20.8. The van der Waals surface area contributed by atoms with Gasteiger partial charge in [0.1, 0.15) is 0 Å². The molecular weight excluding hydrogens is 380 g/mol. The molecule has 0 spiro atoms. The maximum absolute atomic E-state index is 11.9. The minimum absolute atomic E-state index is 0.0444. The zero-order valence-electron chi connectivity index (χ0n) is 17.3. The van der Waals surface area contributed by atoms with Crippen LogP contribution in [0.25, 0.3) is 16.7 Å². The number of aromatic carboxylic acids is 1. The molecule has 3 heterocycles. The van der Waals surface area contributed by atoms with E-state index in [0.717, 1.165) is 48.4 Å². The van der Waals surface area contributed by atoms with Crippen LogP contribution in [-0.4, -0.2) is 51.1 Å². The van der Waals surface area contributed by atoms with Gasteiger partial charge in [-0.3, -0.25) is 0 Å². The Morgan fingerprint density at radius 1 is 1.20 bits per heavy atom. The Bertz CT molecular complexity index is 1080. The van der Waals surface area contributed by atoms with E-state index in [0.29, 0.717) is 11.6 Å². The number of rotatable bonds is 6. The molecule has 1 aliphatic carbocycles. The summed E-state index contributed by atoms with van der Waals surface area (Å²) in [7, 11) is 0. The number of pyridine rings is 1. The van der Waals surface area contributed by atoms with Crippen molar-refractivity contribution in [3.63, 3.8) is 0 Å². The van der Waals surface area contributed by atoms with E-state index in [9.17, 15) is 9.90 Å². The molecule has 1 N–H and O–H groups in total. The Labute approximate surface area is 175 Å². The fourth-order valence-electron chi connectivity index (χ4n) is 4.30. The summed E-state index contributed by atoms with van der Waals surface area (Å²) in [6, 6.07) is 11.5. The Balaban J connectivity index is 1.67. The van der Waals surface area contributed by atoms with Crippen LogP contribution in [0.2, 0.25) is 0 Å². The molecule has 156 valence electrons. The third-order valence-electron chi connectivity index (χ3n) is 6.01. The lowest BCUT2D eigenvalue weighted by atomic mass is 9.82. The van der Waals surface area contributed by atoms with E-state index in [1.165, 1.54) is 6.42 Å². The fraction of sp³-hybridized carbons (Fsp3) is 0.435. The number of benzene rings is 1. The Morgan fingerprint density at radius 2 is 1.93 bits per heavy atom. The van der Waals surface area contributed by atoms with Crippen molar-refractivity contribution in [3.8, 4) is 5.69 Å². The summed E-state index contributed by atoms with van der Waals surface area (Å²) in [6.45, 7) is 5.57. The molecule has 0 radical (unpaired) electrons. The molecule has 2 aliphatic rings. The predicted molar refractivity (Wildman–Crippen MR) is 115 cm³/mol. The van der Waals surface area contributed by atoms with Gasteiger partial charge in [-0.2, -0.15) is 5.10 Å². The number of anilines is 1. The van der Waals surface area contributed by atoms with E-state index in [-0.39, 0.29) is 17.9 Å². The molecule has 7 nitrogen and oxygen atoms in total. The zero-order valence-corrected chi connectivity index (χ0v) is 17.3. The number of para-hydroxylation sites is 1. The van der Waals surface area contributed by atoms with Crippen LogP contribution in [0.5, 0.6) is 0 Å². The second-order valence-electron chi connectivity index (χ2n) is 8.50. The predicted octanol–water partition coefficient (Wildman–Crippen LogP) is 4.00. The van der Waals surface area contributed by atoms with Crippen molar-refractivity contribution in [3.05, 3.63) is 47.8 Å². The molecule has 0 amide bonds. The molecule has 1 aromatic carbocycles. The third-order valence-corrected chi connectivity index (χ3v) is 6.01. The molecule has 2 aromatic heterocycles. The van der Waals surface area contributed by atoms with Crippen LogP contribution in [-0.2, 0) is 4.74 Å². The van der Waals surface area contributed by atoms with Crippen LogP contribution in [0.1, 0.15) is 55.2 Å². The molecular formula is C23H26N4O3. The molecule has 1 saturated heterocycles. The number of hydrogen-bond acceptors (Lipinski definition) is 5. The minimum atomic E-state index is -1.03. The van der Waals surface area contributed by atoms with Gasteiger partial charge in [-0.15, -0.1) is 0 Å². The number of carboxylic acid groups (broad SMARTS) is 1. The topological polar surface area (TPSA) is 80.5 Å². The quantitative estimate of drug-likeness (QED) is 0.666. The highest BCUT2D eigenvalue weighted by atomic mass is 16.5. The minimum Gasteiger partial charge on any atom is -0.477 e. The molecule has 7 heteroatoms. The van der Waals surface area contributed by atoms with Gasteiger partial charge in [-0.1, -0.05) is 24.6 Å². The van der Waals surface area contributed by atoms with E-state index >= 15 is 0 Å². The monoisotopic (exact) mass is 406 g/mol. The van der Waals surface area contributed by atoms with Gasteiger partial charge in [0.25, 0.3) is 0 Å². The number of aromatic nitrogens is 3. The average Bonchev–Trinajstić information content (AvgIpc) is 3.02. The normalized spacial score (nSPS) is 17.4. The molecule has 5 rings (SSSR count). The van der Waals surface area contributed by atoms with Crippen LogP contribution in [0, 0.1) is 0 Å². The summed E-state index contributed by atoms with van der Waals surface area (Å²) in [6.07, 6.45) is 3.77. The van der Waals surface area contributed by atoms with Crippen LogP contribution in [0.15, 0.2) is 36.4 Å². The highest BCUT2D eigenvalue weighted by molar-refractivity contribution is 5.98. The van der Waals surface area contributed by atoms with E-state index in [2.05, 4.69) is 9.88 Å². The number of hydrogen-bond donors (Lipinski definition) is 1. The number of nitrogens with zero attached hydrogens (tertiary/aromatic N) is 4. The first kappa shape index (κ1) is 19.1. The summed E-state index contributed by atoms with van der Waals surface area (Å²) in [5, 5.41) is 15.6. The van der Waals surface area contributed by atoms with Crippen LogP contribution in [0.3, 0.4) is 0 Å². The second kappa shape index (κ2) is 7.40. The average molecular weight is 406 g/mol. The molecule has 2 fully saturated rings. The van der Waals surface area contributed by atoms with Gasteiger partial charge in [0.2, 0.25) is 0 Å². The lowest BCUT2D eigenvalue weighted by Crippen LogP contribution is -2.53. The SMILES string of the molecule is CC(C)OC1CN(c2cc(C(=O)O)nc3c2c(C2CCC2)nn3-c2ccccc2)C1. The van der Waals surface area contributed by atoms with Crippen molar-refractivity contribution in [1.82, 2.24) is 14.8 Å². The molecule has 3 aromatic rings. The first-order chi connectivity index (χ1) is 14.5. The van der Waals surface area contributed by atoms with E-state index < -0.39 is 5.97 Å². The van der Waals surface area contributed by atoms with Crippen LogP contribution >= 0.6 is 0 Å². The second-order valence-corrected chi connectivity index (χ2v) is 8.50. The molecule has 1 aliphatic heterocycles. The standard InChI is InChI=1S/C23H26N4O3/c1-14(2)30-17-12-26(13-17)19-11-18(23(28)29)24-22-20(19)21(15-7-6-8-15)25-27(22)16-9-4-3-5-10-16/h3-5,9-11,14-15,17H,6-8,12-13H2,1-2H3,(H,28,29). The molecule has 0 atom stereocenters. The smallest absolute Gasteiger partial charge is 0.354 e. The van der Waals surface area contributed by atoms with Crippen molar-refractivity contribution in [2.24, 2.45) is 0 Å². The largest absolute Gasteiger partial charge is 0.477 e. The summed E-state index contributed by atoms with van der Waals surface area (Å²) < 4.78 is 7.72. The maximum atomic E-state index is 11.9. The summed E-state index contributed by atoms with van der Waals surface area (Å²) in [5.74, 6) is -0.627. The fourth-order valence-corrected chi connectivity index (χ4v) is 4.30. The van der Waals surface area contributed by atoms with Gasteiger partial charge < -0.3 is 14.7 Å². The molecule has 0 unspecified atom stereocenters. The van der Waals surface area contributed by atoms with Crippen molar-refractivity contribution in [2.75, 3.05) is 18.0 Å². The number of carboxylic acids is 1. The number of carbonyl (C=O) groups is 1. The summed E-state index contributed by atoms with van der Waals surface area (Å²) in [5.41, 5.74) is 3.49. The number of fused-ring (bicyclic) bond motifs is 1. The first-order valence-corrected chi connectivity index (χ1v) is 10.6. The highest BCUT2D eigenvalue weighted by Crippen LogP contribution is 2.43. The van der Waals surface area contributed by atoms with Gasteiger partial charge in [0.15, 0.2) is 11.3 Å². The van der Waals surface area contributed by atoms with Crippen LogP contribution < -0.4 is 4.90 Å². The summed E-state index contributed by atoms with van der Waals surface area (Å²) in [4.78, 5) is 18.6. The van der Waals surface area contributed by atoms with Gasteiger partial charge in [-0.05, 0) is 44.9 Å². The Hall–Kier alpha value is -2.93. The van der Waals surface area contributed by atoms with Gasteiger partial charge in [0, 0.05) is 19.0 Å². The first-order valence-electron chi connectivity index (χ1n) is 10.6.